The zero-order chi connectivity index (χ0) is 47.4. The molecule has 0 amide bonds. The molecule has 6 heteroatoms. The van der Waals surface area contributed by atoms with Crippen LogP contribution in [0.15, 0.2) is 0 Å². The summed E-state index contributed by atoms with van der Waals surface area (Å²) in [6.07, 6.45) is 58.1. The first-order valence-electron chi connectivity index (χ1n) is 29.4. The van der Waals surface area contributed by atoms with Crippen LogP contribution in [0.25, 0.3) is 0 Å². The molecule has 0 fully saturated rings. The van der Waals surface area contributed by atoms with Crippen LogP contribution in [0.4, 0.5) is 0 Å². The second-order valence-electron chi connectivity index (χ2n) is 20.8. The fourth-order valence-corrected chi connectivity index (χ4v) is 9.10. The number of hydrogen-bond acceptors (Lipinski definition) is 6. The summed E-state index contributed by atoms with van der Waals surface area (Å²) in [6.45, 7) is 9.06. The van der Waals surface area contributed by atoms with E-state index in [4.69, 9.17) is 14.2 Å². The highest BCUT2D eigenvalue weighted by molar-refractivity contribution is 5.71. The maximum atomic E-state index is 12.8. The molecule has 0 heterocycles. The first-order chi connectivity index (χ1) is 31.9. The van der Waals surface area contributed by atoms with Crippen LogP contribution in [0.1, 0.15) is 336 Å². The van der Waals surface area contributed by atoms with Gasteiger partial charge in [0.2, 0.25) is 0 Å². The largest absolute Gasteiger partial charge is 0.462 e. The number of hydrogen-bond donors (Lipinski definition) is 0. The van der Waals surface area contributed by atoms with Crippen molar-refractivity contribution in [2.75, 3.05) is 13.2 Å². The van der Waals surface area contributed by atoms with Crippen LogP contribution in [-0.4, -0.2) is 37.2 Å². The summed E-state index contributed by atoms with van der Waals surface area (Å²) < 4.78 is 16.9. The highest BCUT2D eigenvalue weighted by Crippen LogP contribution is 2.18. The molecule has 0 unspecified atom stereocenters. The van der Waals surface area contributed by atoms with E-state index in [1.165, 1.54) is 231 Å². The standard InChI is InChI=1S/C59H114O6/c1-5-7-9-11-13-15-17-18-19-20-21-25-28-31-35-38-42-46-50-57(60)63-53-56(65-59(62)52-48-44-40-34-16-14-12-10-8-6-2)54-64-58(61)51-47-43-39-36-32-29-26-23-22-24-27-30-33-37-41-45-49-55(3)4/h55-56H,5-54H2,1-4H3/t56-/m1/s1. The second-order valence-corrected chi connectivity index (χ2v) is 20.8. The Morgan fingerprint density at radius 1 is 0.292 bits per heavy atom. The predicted octanol–water partition coefficient (Wildman–Crippen LogP) is 19.4. The average molecular weight is 920 g/mol. The molecule has 0 aliphatic heterocycles. The number of carbonyl (C=O) groups is 3. The summed E-state index contributed by atoms with van der Waals surface area (Å²) in [4.78, 5) is 38.1. The topological polar surface area (TPSA) is 78.9 Å². The van der Waals surface area contributed by atoms with Gasteiger partial charge in [0.1, 0.15) is 13.2 Å². The van der Waals surface area contributed by atoms with Gasteiger partial charge in [-0.15, -0.1) is 0 Å². The molecule has 0 rings (SSSR count). The van der Waals surface area contributed by atoms with Crippen molar-refractivity contribution < 1.29 is 28.6 Å². The minimum atomic E-state index is -0.761. The molecule has 0 saturated carbocycles. The van der Waals surface area contributed by atoms with Gasteiger partial charge in [0.25, 0.3) is 0 Å². The predicted molar refractivity (Wildman–Crippen MR) is 280 cm³/mol. The molecule has 0 saturated heterocycles. The van der Waals surface area contributed by atoms with E-state index in [0.717, 1.165) is 63.7 Å². The van der Waals surface area contributed by atoms with Gasteiger partial charge < -0.3 is 14.2 Å². The first kappa shape index (κ1) is 63.4. The Balaban J connectivity index is 4.19. The van der Waals surface area contributed by atoms with Crippen molar-refractivity contribution in [3.05, 3.63) is 0 Å². The van der Waals surface area contributed by atoms with Crippen LogP contribution < -0.4 is 0 Å². The summed E-state index contributed by atoms with van der Waals surface area (Å²) in [7, 11) is 0. The summed E-state index contributed by atoms with van der Waals surface area (Å²) in [5.41, 5.74) is 0. The van der Waals surface area contributed by atoms with Gasteiger partial charge in [-0.2, -0.15) is 0 Å². The third-order valence-electron chi connectivity index (χ3n) is 13.5. The van der Waals surface area contributed by atoms with Gasteiger partial charge in [-0.05, 0) is 25.2 Å². The lowest BCUT2D eigenvalue weighted by Crippen LogP contribution is -2.30. The highest BCUT2D eigenvalue weighted by atomic mass is 16.6. The van der Waals surface area contributed by atoms with E-state index in [2.05, 4.69) is 27.7 Å². The van der Waals surface area contributed by atoms with Crippen LogP contribution in [0.5, 0.6) is 0 Å². The van der Waals surface area contributed by atoms with Crippen LogP contribution in [0, 0.1) is 5.92 Å². The van der Waals surface area contributed by atoms with E-state index in [1.54, 1.807) is 0 Å². The van der Waals surface area contributed by atoms with E-state index >= 15 is 0 Å². The Morgan fingerprint density at radius 2 is 0.508 bits per heavy atom. The summed E-state index contributed by atoms with van der Waals surface area (Å²) in [5.74, 6) is 0.0164. The van der Waals surface area contributed by atoms with Gasteiger partial charge in [0.05, 0.1) is 0 Å². The van der Waals surface area contributed by atoms with Crippen molar-refractivity contribution in [2.45, 2.75) is 342 Å². The molecule has 0 aromatic carbocycles. The molecule has 6 nitrogen and oxygen atoms in total. The lowest BCUT2D eigenvalue weighted by atomic mass is 10.0. The Hall–Kier alpha value is -1.59. The molecule has 0 aromatic heterocycles. The minimum absolute atomic E-state index is 0.0619. The van der Waals surface area contributed by atoms with Crippen molar-refractivity contribution >= 4 is 17.9 Å². The monoisotopic (exact) mass is 919 g/mol. The SMILES string of the molecule is CCCCCCCCCCCCCCCCCCCCC(=O)OC[C@H](COC(=O)CCCCCCCCCCCCCCCCCCC(C)C)OC(=O)CCCCCCCCCCCC. The van der Waals surface area contributed by atoms with Crippen molar-refractivity contribution in [1.82, 2.24) is 0 Å². The van der Waals surface area contributed by atoms with Crippen molar-refractivity contribution in [2.24, 2.45) is 5.92 Å². The normalized spacial score (nSPS) is 12.0. The van der Waals surface area contributed by atoms with Crippen molar-refractivity contribution in [3.63, 3.8) is 0 Å². The third-order valence-corrected chi connectivity index (χ3v) is 13.5. The molecule has 0 aliphatic carbocycles. The van der Waals surface area contributed by atoms with E-state index in [1.807, 2.05) is 0 Å². The zero-order valence-electron chi connectivity index (χ0n) is 44.5. The Labute approximate surface area is 406 Å². The third kappa shape index (κ3) is 53.2. The fraction of sp³-hybridized carbons (Fsp3) is 0.949. The first-order valence-corrected chi connectivity index (χ1v) is 29.4. The van der Waals surface area contributed by atoms with Gasteiger partial charge in [0, 0.05) is 19.3 Å². The van der Waals surface area contributed by atoms with E-state index in [-0.39, 0.29) is 31.1 Å². The van der Waals surface area contributed by atoms with Gasteiger partial charge >= 0.3 is 17.9 Å². The van der Waals surface area contributed by atoms with Gasteiger partial charge in [-0.3, -0.25) is 14.4 Å². The maximum absolute atomic E-state index is 12.8. The van der Waals surface area contributed by atoms with Crippen molar-refractivity contribution in [3.8, 4) is 0 Å². The fourth-order valence-electron chi connectivity index (χ4n) is 9.10. The number of unbranched alkanes of at least 4 members (excludes halogenated alkanes) is 41. The summed E-state index contributed by atoms with van der Waals surface area (Å²) >= 11 is 0. The van der Waals surface area contributed by atoms with Crippen molar-refractivity contribution in [1.29, 1.82) is 0 Å². The number of carbonyl (C=O) groups excluding carboxylic acids is 3. The smallest absolute Gasteiger partial charge is 0.306 e. The molecule has 0 N–H and O–H groups in total. The molecular weight excluding hydrogens is 805 g/mol. The Kier molecular flexibility index (Phi) is 52.1. The highest BCUT2D eigenvalue weighted by Gasteiger charge is 2.19. The lowest BCUT2D eigenvalue weighted by Gasteiger charge is -2.18. The van der Waals surface area contributed by atoms with E-state index < -0.39 is 6.10 Å². The Bertz CT molecular complexity index is 980. The van der Waals surface area contributed by atoms with Gasteiger partial charge in [0.15, 0.2) is 6.10 Å². The summed E-state index contributed by atoms with van der Waals surface area (Å²) in [6, 6.07) is 0. The molecule has 0 aromatic rings. The average Bonchev–Trinajstić information content (AvgIpc) is 3.29. The quantitative estimate of drug-likeness (QED) is 0.0344. The van der Waals surface area contributed by atoms with Gasteiger partial charge in [-0.25, -0.2) is 0 Å². The van der Waals surface area contributed by atoms with Crippen LogP contribution in [0.2, 0.25) is 0 Å². The lowest BCUT2D eigenvalue weighted by molar-refractivity contribution is -0.167. The molecular formula is C59H114O6. The van der Waals surface area contributed by atoms with Crippen LogP contribution in [0.3, 0.4) is 0 Å². The molecule has 0 bridgehead atoms. The molecule has 65 heavy (non-hydrogen) atoms. The number of esters is 3. The molecule has 1 atom stereocenters. The van der Waals surface area contributed by atoms with E-state index in [0.29, 0.717) is 19.3 Å². The number of ether oxygens (including phenoxy) is 3. The van der Waals surface area contributed by atoms with Crippen LogP contribution in [-0.2, 0) is 28.6 Å². The molecule has 0 aliphatic rings. The Morgan fingerprint density at radius 3 is 0.754 bits per heavy atom. The molecule has 0 radical (unpaired) electrons. The zero-order valence-corrected chi connectivity index (χ0v) is 44.5. The van der Waals surface area contributed by atoms with Crippen LogP contribution >= 0.6 is 0 Å². The molecule has 0 spiro atoms. The summed E-state index contributed by atoms with van der Waals surface area (Å²) in [5, 5.41) is 0. The minimum Gasteiger partial charge on any atom is -0.462 e. The maximum Gasteiger partial charge on any atom is 0.306 e. The van der Waals surface area contributed by atoms with E-state index in [9.17, 15) is 14.4 Å². The van der Waals surface area contributed by atoms with Gasteiger partial charge in [-0.1, -0.05) is 297 Å². The number of rotatable bonds is 54. The molecule has 386 valence electrons. The second kappa shape index (κ2) is 53.4.